The molecule has 2 aromatic carbocycles. The van der Waals surface area contributed by atoms with Gasteiger partial charge in [-0.1, -0.05) is 30.3 Å². The van der Waals surface area contributed by atoms with Gasteiger partial charge in [-0.15, -0.1) is 0 Å². The molecule has 2 aromatic rings. The molecular formula is C23H28N4O5. The Hall–Kier alpha value is -3.43. The van der Waals surface area contributed by atoms with E-state index in [2.05, 4.69) is 10.6 Å². The van der Waals surface area contributed by atoms with E-state index in [4.69, 9.17) is 11.5 Å². The van der Waals surface area contributed by atoms with Gasteiger partial charge in [0.2, 0.25) is 11.8 Å². The molecule has 0 saturated heterocycles. The second-order valence-corrected chi connectivity index (χ2v) is 7.95. The third-order valence-electron chi connectivity index (χ3n) is 5.50. The first kappa shape index (κ1) is 23.2. The maximum Gasteiger partial charge on any atom is 0.326 e. The molecule has 170 valence electrons. The van der Waals surface area contributed by atoms with E-state index in [9.17, 15) is 24.6 Å². The van der Waals surface area contributed by atoms with Crippen LogP contribution in [0.2, 0.25) is 0 Å². The van der Waals surface area contributed by atoms with Crippen molar-refractivity contribution in [3.05, 3.63) is 53.6 Å². The summed E-state index contributed by atoms with van der Waals surface area (Å²) in [5.41, 5.74) is 14.4. The van der Waals surface area contributed by atoms with Crippen LogP contribution < -0.4 is 22.1 Å². The summed E-state index contributed by atoms with van der Waals surface area (Å²) in [4.78, 5) is 37.4. The molecule has 0 radical (unpaired) electrons. The molecular weight excluding hydrogens is 412 g/mol. The first-order chi connectivity index (χ1) is 15.3. The number of phenols is 1. The summed E-state index contributed by atoms with van der Waals surface area (Å²) in [6, 6.07) is 9.15. The Kier molecular flexibility index (Phi) is 7.45. The van der Waals surface area contributed by atoms with Crippen molar-refractivity contribution in [3.8, 4) is 16.9 Å². The monoisotopic (exact) mass is 440 g/mol. The van der Waals surface area contributed by atoms with Crippen LogP contribution in [-0.2, 0) is 27.2 Å². The molecule has 0 aliphatic carbocycles. The van der Waals surface area contributed by atoms with Crippen molar-refractivity contribution in [2.45, 2.75) is 43.8 Å². The van der Waals surface area contributed by atoms with Crippen molar-refractivity contribution in [1.82, 2.24) is 10.6 Å². The molecule has 1 heterocycles. The van der Waals surface area contributed by atoms with E-state index >= 15 is 0 Å². The zero-order valence-corrected chi connectivity index (χ0v) is 17.6. The number of amides is 2. The Bertz CT molecular complexity index is 1010. The number of carboxylic acid groups (broad SMARTS) is 1. The summed E-state index contributed by atoms with van der Waals surface area (Å²) in [5.74, 6) is -2.35. The lowest BCUT2D eigenvalue weighted by atomic mass is 9.96. The van der Waals surface area contributed by atoms with Crippen molar-refractivity contribution < 1.29 is 24.6 Å². The van der Waals surface area contributed by atoms with E-state index < -0.39 is 35.9 Å². The normalized spacial score (nSPS) is 21.6. The molecule has 0 saturated carbocycles. The van der Waals surface area contributed by atoms with Gasteiger partial charge in [0.15, 0.2) is 0 Å². The van der Waals surface area contributed by atoms with E-state index in [1.807, 2.05) is 12.1 Å². The molecule has 3 rings (SSSR count). The molecule has 3 atom stereocenters. The summed E-state index contributed by atoms with van der Waals surface area (Å²) in [6.07, 6.45) is 0.824. The highest BCUT2D eigenvalue weighted by Crippen LogP contribution is 2.28. The molecule has 0 spiro atoms. The lowest BCUT2D eigenvalue weighted by Crippen LogP contribution is -2.55. The van der Waals surface area contributed by atoms with Gasteiger partial charge in [0, 0.05) is 12.8 Å². The Morgan fingerprint density at radius 2 is 1.78 bits per heavy atom. The fourth-order valence-corrected chi connectivity index (χ4v) is 3.71. The van der Waals surface area contributed by atoms with Gasteiger partial charge in [-0.2, -0.15) is 0 Å². The van der Waals surface area contributed by atoms with Crippen molar-refractivity contribution in [2.24, 2.45) is 11.5 Å². The van der Waals surface area contributed by atoms with E-state index in [0.717, 1.165) is 16.7 Å². The lowest BCUT2D eigenvalue weighted by molar-refractivity contribution is -0.142. The van der Waals surface area contributed by atoms with Gasteiger partial charge in [0.05, 0.1) is 6.04 Å². The number of carbonyl (C=O) groups is 3. The van der Waals surface area contributed by atoms with Crippen LogP contribution in [0, 0.1) is 0 Å². The SMILES string of the molecule is NCCC[C@@H]1NC(=O)C(N)Cc2cc(ccc2O)-c2cccc(c2)C[C@@H](C(=O)O)NC1=O. The minimum Gasteiger partial charge on any atom is -0.508 e. The van der Waals surface area contributed by atoms with Gasteiger partial charge in [-0.05, 0) is 53.8 Å². The number of aliphatic carboxylic acids is 1. The van der Waals surface area contributed by atoms with Gasteiger partial charge in [0.1, 0.15) is 17.8 Å². The first-order valence-corrected chi connectivity index (χ1v) is 10.5. The zero-order chi connectivity index (χ0) is 23.3. The number of benzene rings is 2. The number of fused-ring (bicyclic) bond motifs is 5. The van der Waals surface area contributed by atoms with Gasteiger partial charge in [-0.3, -0.25) is 9.59 Å². The fraction of sp³-hybridized carbons (Fsp3) is 0.348. The number of hydrogen-bond acceptors (Lipinski definition) is 6. The topological polar surface area (TPSA) is 168 Å². The lowest BCUT2D eigenvalue weighted by Gasteiger charge is -2.23. The smallest absolute Gasteiger partial charge is 0.326 e. The largest absolute Gasteiger partial charge is 0.508 e. The van der Waals surface area contributed by atoms with Crippen molar-refractivity contribution in [1.29, 1.82) is 0 Å². The average molecular weight is 441 g/mol. The summed E-state index contributed by atoms with van der Waals surface area (Å²) >= 11 is 0. The highest BCUT2D eigenvalue weighted by Gasteiger charge is 2.28. The molecule has 1 aliphatic rings. The van der Waals surface area contributed by atoms with Crippen molar-refractivity contribution in [2.75, 3.05) is 6.54 Å². The zero-order valence-electron chi connectivity index (χ0n) is 17.6. The molecule has 0 fully saturated rings. The highest BCUT2D eigenvalue weighted by atomic mass is 16.4. The number of aromatic hydroxyl groups is 1. The Morgan fingerprint density at radius 3 is 2.50 bits per heavy atom. The number of phenolic OH excluding ortho intramolecular Hbond substituents is 1. The third-order valence-corrected chi connectivity index (χ3v) is 5.50. The maximum absolute atomic E-state index is 12.8. The molecule has 9 heteroatoms. The predicted molar refractivity (Wildman–Crippen MR) is 119 cm³/mol. The highest BCUT2D eigenvalue weighted by molar-refractivity contribution is 5.92. The van der Waals surface area contributed by atoms with Gasteiger partial charge < -0.3 is 32.3 Å². The van der Waals surface area contributed by atoms with E-state index in [0.29, 0.717) is 18.5 Å². The first-order valence-electron chi connectivity index (χ1n) is 10.5. The molecule has 8 N–H and O–H groups in total. The summed E-state index contributed by atoms with van der Waals surface area (Å²) in [7, 11) is 0. The van der Waals surface area contributed by atoms with E-state index in [1.165, 1.54) is 6.07 Å². The molecule has 1 unspecified atom stereocenters. The van der Waals surface area contributed by atoms with Crippen LogP contribution in [0.5, 0.6) is 5.75 Å². The van der Waals surface area contributed by atoms with Crippen LogP contribution >= 0.6 is 0 Å². The number of carboxylic acids is 1. The second-order valence-electron chi connectivity index (χ2n) is 7.95. The fourth-order valence-electron chi connectivity index (χ4n) is 3.71. The summed E-state index contributed by atoms with van der Waals surface area (Å²) in [5, 5.41) is 25.1. The third kappa shape index (κ3) is 5.63. The van der Waals surface area contributed by atoms with Crippen LogP contribution in [0.3, 0.4) is 0 Å². The summed E-state index contributed by atoms with van der Waals surface area (Å²) < 4.78 is 0. The summed E-state index contributed by atoms with van der Waals surface area (Å²) in [6.45, 7) is 0.307. The maximum atomic E-state index is 12.8. The Morgan fingerprint density at radius 1 is 1.03 bits per heavy atom. The van der Waals surface area contributed by atoms with Crippen LogP contribution in [-0.4, -0.2) is 52.7 Å². The van der Waals surface area contributed by atoms with Crippen molar-refractivity contribution >= 4 is 17.8 Å². The molecule has 2 amide bonds. The minimum atomic E-state index is -1.18. The minimum absolute atomic E-state index is 0.0147. The van der Waals surface area contributed by atoms with Crippen LogP contribution in [0.4, 0.5) is 0 Å². The van der Waals surface area contributed by atoms with Gasteiger partial charge >= 0.3 is 5.97 Å². The van der Waals surface area contributed by atoms with Crippen LogP contribution in [0.15, 0.2) is 42.5 Å². The molecule has 1 aliphatic heterocycles. The van der Waals surface area contributed by atoms with Gasteiger partial charge in [-0.25, -0.2) is 4.79 Å². The van der Waals surface area contributed by atoms with Crippen LogP contribution in [0.1, 0.15) is 24.0 Å². The number of nitrogens with two attached hydrogens (primary N) is 2. The van der Waals surface area contributed by atoms with Crippen molar-refractivity contribution in [3.63, 3.8) is 0 Å². The number of carbonyl (C=O) groups excluding carboxylic acids is 2. The molecule has 9 nitrogen and oxygen atoms in total. The van der Waals surface area contributed by atoms with Crippen LogP contribution in [0.25, 0.3) is 11.1 Å². The average Bonchev–Trinajstić information content (AvgIpc) is 2.76. The molecule has 32 heavy (non-hydrogen) atoms. The van der Waals surface area contributed by atoms with E-state index in [-0.39, 0.29) is 25.0 Å². The predicted octanol–water partition coefficient (Wildman–Crippen LogP) is 0.278. The number of nitrogens with one attached hydrogen (secondary N) is 2. The van der Waals surface area contributed by atoms with Gasteiger partial charge in [0.25, 0.3) is 0 Å². The molecule has 4 bridgehead atoms. The number of rotatable bonds is 4. The Labute approximate surface area is 185 Å². The molecule has 0 aromatic heterocycles. The number of hydrogen-bond donors (Lipinski definition) is 6. The standard InChI is InChI=1S/C23H28N4O5/c24-8-2-5-18-22(30)27-19(23(31)32)10-13-3-1-4-14(9-13)15-6-7-20(28)16(11-15)12-17(25)21(29)26-18/h1,3-4,6-7,9,11,17-19,28H,2,5,8,10,12,24-25H2,(H,26,29)(H,27,30)(H,31,32)/t17?,18-,19-/m0/s1. The quantitative estimate of drug-likeness (QED) is 0.397. The second kappa shape index (κ2) is 10.3. The Balaban J connectivity index is 2.04. The van der Waals surface area contributed by atoms with E-state index in [1.54, 1.807) is 24.3 Å².